The van der Waals surface area contributed by atoms with Gasteiger partial charge in [-0.3, -0.25) is 0 Å². The predicted octanol–water partition coefficient (Wildman–Crippen LogP) is 4.39. The lowest BCUT2D eigenvalue weighted by molar-refractivity contribution is 0.628. The molecule has 0 saturated heterocycles. The van der Waals surface area contributed by atoms with Crippen molar-refractivity contribution < 1.29 is 4.39 Å². The predicted molar refractivity (Wildman–Crippen MR) is 73.5 cm³/mol. The van der Waals surface area contributed by atoms with E-state index >= 15 is 0 Å². The number of halogens is 3. The molecule has 18 heavy (non-hydrogen) atoms. The van der Waals surface area contributed by atoms with Crippen molar-refractivity contribution >= 4 is 46.5 Å². The molecule has 1 heterocycles. The largest absolute Gasteiger partial charge is 0.340 e. The highest BCUT2D eigenvalue weighted by atomic mass is 35.5. The topological polar surface area (TPSA) is 37.8 Å². The van der Waals surface area contributed by atoms with Gasteiger partial charge in [-0.2, -0.15) is 0 Å². The molecule has 0 fully saturated rings. The maximum atomic E-state index is 13.2. The minimum atomic E-state index is -0.421. The molecule has 2 aromatic rings. The highest BCUT2D eigenvalue weighted by Gasteiger charge is 2.04. The molecule has 2 rings (SSSR count). The van der Waals surface area contributed by atoms with Gasteiger partial charge in [0.05, 0.1) is 0 Å². The Kier molecular flexibility index (Phi) is 4.27. The van der Waals surface area contributed by atoms with E-state index in [4.69, 9.17) is 23.2 Å². The Morgan fingerprint density at radius 2 is 1.94 bits per heavy atom. The summed E-state index contributed by atoms with van der Waals surface area (Å²) in [7, 11) is 0. The summed E-state index contributed by atoms with van der Waals surface area (Å²) in [4.78, 5) is 8.20. The van der Waals surface area contributed by atoms with Gasteiger partial charge in [0.1, 0.15) is 16.8 Å². The van der Waals surface area contributed by atoms with Crippen LogP contribution in [0.3, 0.4) is 0 Å². The van der Waals surface area contributed by atoms with Gasteiger partial charge < -0.3 is 5.32 Å². The number of thioether (sulfide) groups is 1. The number of hydrogen-bond donors (Lipinski definition) is 1. The van der Waals surface area contributed by atoms with Gasteiger partial charge in [-0.25, -0.2) is 14.4 Å². The summed E-state index contributed by atoms with van der Waals surface area (Å²) in [5.74, 6) is 0.0660. The zero-order valence-corrected chi connectivity index (χ0v) is 11.6. The van der Waals surface area contributed by atoms with Crippen molar-refractivity contribution in [2.45, 2.75) is 5.16 Å². The Morgan fingerprint density at radius 3 is 2.61 bits per heavy atom. The van der Waals surface area contributed by atoms with Crippen LogP contribution in [0.5, 0.6) is 0 Å². The summed E-state index contributed by atoms with van der Waals surface area (Å²) >= 11 is 13.0. The van der Waals surface area contributed by atoms with Crippen LogP contribution in [0.2, 0.25) is 10.2 Å². The first-order valence-corrected chi connectivity index (χ1v) is 6.86. The molecule has 0 amide bonds. The highest BCUT2D eigenvalue weighted by molar-refractivity contribution is 7.98. The smallest absolute Gasteiger partial charge is 0.190 e. The molecule has 0 spiro atoms. The average molecular weight is 304 g/mol. The molecule has 1 aromatic heterocycles. The van der Waals surface area contributed by atoms with Crippen LogP contribution in [-0.4, -0.2) is 16.2 Å². The van der Waals surface area contributed by atoms with E-state index in [-0.39, 0.29) is 0 Å². The van der Waals surface area contributed by atoms with Crippen molar-refractivity contribution in [1.82, 2.24) is 9.97 Å². The molecule has 0 radical (unpaired) electrons. The van der Waals surface area contributed by atoms with Gasteiger partial charge in [0, 0.05) is 16.8 Å². The zero-order chi connectivity index (χ0) is 13.1. The molecule has 0 bridgehead atoms. The molecule has 7 heteroatoms. The Labute approximate surface area is 118 Å². The molecule has 0 saturated carbocycles. The van der Waals surface area contributed by atoms with Crippen molar-refractivity contribution in [3.8, 4) is 0 Å². The third-order valence-corrected chi connectivity index (χ3v) is 2.95. The highest BCUT2D eigenvalue weighted by Crippen LogP contribution is 2.23. The number of hydrogen-bond acceptors (Lipinski definition) is 4. The maximum absolute atomic E-state index is 13.2. The summed E-state index contributed by atoms with van der Waals surface area (Å²) in [6, 6.07) is 5.70. The van der Waals surface area contributed by atoms with Crippen LogP contribution >= 0.6 is 35.0 Å². The standard InChI is InChI=1S/C11H8Cl2FN3S/c1-18-11-16-9(13)5-10(17-11)15-8-3-6(12)2-7(14)4-8/h2-5H,1H3,(H,15,16,17). The minimum Gasteiger partial charge on any atom is -0.340 e. The number of benzene rings is 1. The van der Waals surface area contributed by atoms with Gasteiger partial charge in [-0.1, -0.05) is 35.0 Å². The Morgan fingerprint density at radius 1 is 1.17 bits per heavy atom. The fraction of sp³-hybridized carbons (Fsp3) is 0.0909. The zero-order valence-electron chi connectivity index (χ0n) is 9.25. The normalized spacial score (nSPS) is 10.4. The molecule has 0 aliphatic carbocycles. The van der Waals surface area contributed by atoms with Crippen LogP contribution in [0, 0.1) is 5.82 Å². The van der Waals surface area contributed by atoms with E-state index < -0.39 is 5.82 Å². The third kappa shape index (κ3) is 3.48. The summed E-state index contributed by atoms with van der Waals surface area (Å²) in [6.07, 6.45) is 1.84. The fourth-order valence-electron chi connectivity index (χ4n) is 1.33. The van der Waals surface area contributed by atoms with Crippen molar-refractivity contribution in [1.29, 1.82) is 0 Å². The fourth-order valence-corrected chi connectivity index (χ4v) is 2.16. The van der Waals surface area contributed by atoms with E-state index in [1.54, 1.807) is 12.1 Å². The molecule has 1 N–H and O–H groups in total. The molecule has 94 valence electrons. The van der Waals surface area contributed by atoms with Gasteiger partial charge >= 0.3 is 0 Å². The van der Waals surface area contributed by atoms with Gasteiger partial charge in [0.2, 0.25) is 0 Å². The first-order valence-electron chi connectivity index (χ1n) is 4.88. The maximum Gasteiger partial charge on any atom is 0.190 e. The molecule has 0 aliphatic rings. The molecule has 1 aromatic carbocycles. The van der Waals surface area contributed by atoms with Crippen LogP contribution in [-0.2, 0) is 0 Å². The van der Waals surface area contributed by atoms with E-state index in [1.807, 2.05) is 6.26 Å². The Bertz CT molecular complexity index is 560. The molecule has 3 nitrogen and oxygen atoms in total. The quantitative estimate of drug-likeness (QED) is 0.518. The number of aromatic nitrogens is 2. The van der Waals surface area contributed by atoms with E-state index in [1.165, 1.54) is 23.9 Å². The van der Waals surface area contributed by atoms with Gasteiger partial charge in [0.25, 0.3) is 0 Å². The van der Waals surface area contributed by atoms with Crippen LogP contribution in [0.1, 0.15) is 0 Å². The van der Waals surface area contributed by atoms with Crippen molar-refractivity contribution in [2.24, 2.45) is 0 Å². The van der Waals surface area contributed by atoms with Crippen molar-refractivity contribution in [2.75, 3.05) is 11.6 Å². The molecular formula is C11H8Cl2FN3S. The minimum absolute atomic E-state index is 0.308. The van der Waals surface area contributed by atoms with Crippen LogP contribution < -0.4 is 5.32 Å². The lowest BCUT2D eigenvalue weighted by atomic mass is 10.3. The number of nitrogens with one attached hydrogen (secondary N) is 1. The third-order valence-electron chi connectivity index (χ3n) is 1.99. The molecular weight excluding hydrogens is 296 g/mol. The first kappa shape index (κ1) is 13.4. The van der Waals surface area contributed by atoms with Crippen LogP contribution in [0.25, 0.3) is 0 Å². The molecule has 0 unspecified atom stereocenters. The van der Waals surface area contributed by atoms with Crippen molar-refractivity contribution in [3.05, 3.63) is 40.3 Å². The SMILES string of the molecule is CSc1nc(Cl)cc(Nc2cc(F)cc(Cl)c2)n1. The van der Waals surface area contributed by atoms with E-state index in [2.05, 4.69) is 15.3 Å². The second-order valence-electron chi connectivity index (χ2n) is 3.35. The van der Waals surface area contributed by atoms with E-state index in [9.17, 15) is 4.39 Å². The number of rotatable bonds is 3. The summed E-state index contributed by atoms with van der Waals surface area (Å²) in [6.45, 7) is 0. The van der Waals surface area contributed by atoms with Crippen LogP contribution in [0.4, 0.5) is 15.9 Å². The lowest BCUT2D eigenvalue weighted by Gasteiger charge is -2.07. The summed E-state index contributed by atoms with van der Waals surface area (Å²) in [5.41, 5.74) is 0.502. The van der Waals surface area contributed by atoms with Gasteiger partial charge in [0.15, 0.2) is 5.16 Å². The lowest BCUT2D eigenvalue weighted by Crippen LogP contribution is -1.97. The Balaban J connectivity index is 2.30. The average Bonchev–Trinajstić information content (AvgIpc) is 2.26. The van der Waals surface area contributed by atoms with E-state index in [0.29, 0.717) is 26.8 Å². The first-order chi connectivity index (χ1) is 8.56. The van der Waals surface area contributed by atoms with Gasteiger partial charge in [-0.05, 0) is 24.5 Å². The molecule has 0 aliphatic heterocycles. The van der Waals surface area contributed by atoms with E-state index in [0.717, 1.165) is 0 Å². The number of anilines is 2. The number of nitrogens with zero attached hydrogens (tertiary/aromatic N) is 2. The van der Waals surface area contributed by atoms with Crippen molar-refractivity contribution in [3.63, 3.8) is 0 Å². The summed E-state index contributed by atoms with van der Waals surface area (Å²) < 4.78 is 13.2. The Hall–Kier alpha value is -1.04. The van der Waals surface area contributed by atoms with Crippen LogP contribution in [0.15, 0.2) is 29.4 Å². The van der Waals surface area contributed by atoms with Gasteiger partial charge in [-0.15, -0.1) is 0 Å². The summed E-state index contributed by atoms with van der Waals surface area (Å²) in [5, 5.41) is 4.09. The monoisotopic (exact) mass is 303 g/mol. The molecule has 0 atom stereocenters. The second-order valence-corrected chi connectivity index (χ2v) is 4.94. The second kappa shape index (κ2) is 5.73.